The van der Waals surface area contributed by atoms with Crippen molar-refractivity contribution in [3.05, 3.63) is 65.2 Å². The van der Waals surface area contributed by atoms with Gasteiger partial charge in [-0.3, -0.25) is 14.5 Å². The van der Waals surface area contributed by atoms with Gasteiger partial charge in [0.15, 0.2) is 0 Å². The van der Waals surface area contributed by atoms with E-state index in [0.29, 0.717) is 12.2 Å². The molecule has 0 aromatic heterocycles. The number of piperidine rings is 1. The Morgan fingerprint density at radius 3 is 2.24 bits per heavy atom. The van der Waals surface area contributed by atoms with Gasteiger partial charge in [0, 0.05) is 11.1 Å². The summed E-state index contributed by atoms with van der Waals surface area (Å²) in [5.74, 6) is -0.564. The molecule has 4 nitrogen and oxygen atoms in total. The summed E-state index contributed by atoms with van der Waals surface area (Å²) < 4.78 is 0. The van der Waals surface area contributed by atoms with Crippen LogP contribution >= 0.6 is 0 Å². The minimum atomic E-state index is -0.374. The largest absolute Gasteiger partial charge is 0.399 e. The third-order valence-electron chi connectivity index (χ3n) is 5.80. The number of nitrogen functional groups attached to an aromatic ring is 1. The molecular weight excluding hydrogens is 312 g/mol. The van der Waals surface area contributed by atoms with Gasteiger partial charge in [-0.15, -0.1) is 0 Å². The Balaban J connectivity index is 1.65. The molecule has 0 bridgehead atoms. The second-order valence-electron chi connectivity index (χ2n) is 7.23. The van der Waals surface area contributed by atoms with Crippen molar-refractivity contribution < 1.29 is 9.59 Å². The van der Waals surface area contributed by atoms with Crippen molar-refractivity contribution in [3.8, 4) is 0 Å². The topological polar surface area (TPSA) is 63.4 Å². The molecule has 4 heteroatoms. The fraction of sp³-hybridized carbons (Fsp3) is 0.333. The van der Waals surface area contributed by atoms with Crippen LogP contribution in [0.1, 0.15) is 30.0 Å². The van der Waals surface area contributed by atoms with Crippen LogP contribution in [0, 0.1) is 18.8 Å². The first-order chi connectivity index (χ1) is 12.0. The Labute approximate surface area is 147 Å². The number of fused-ring (bicyclic) bond motifs is 1. The molecular formula is C21H22N2O2. The van der Waals surface area contributed by atoms with Gasteiger partial charge < -0.3 is 5.73 Å². The quantitative estimate of drug-likeness (QED) is 0.690. The van der Waals surface area contributed by atoms with Crippen molar-refractivity contribution in [1.29, 1.82) is 0 Å². The van der Waals surface area contributed by atoms with E-state index in [2.05, 4.69) is 13.0 Å². The number of carbonyl (C=O) groups excluding carboxylic acids is 2. The number of likely N-dealkylation sites (tertiary alicyclic amines) is 1. The molecule has 2 fully saturated rings. The maximum atomic E-state index is 13.0. The van der Waals surface area contributed by atoms with Gasteiger partial charge in [-0.05, 0) is 42.2 Å². The van der Waals surface area contributed by atoms with Crippen molar-refractivity contribution in [1.82, 2.24) is 4.90 Å². The Morgan fingerprint density at radius 1 is 1.04 bits per heavy atom. The van der Waals surface area contributed by atoms with Crippen LogP contribution in [0.25, 0.3) is 0 Å². The number of rotatable bonds is 4. The summed E-state index contributed by atoms with van der Waals surface area (Å²) >= 11 is 0. The Hall–Kier alpha value is -2.62. The van der Waals surface area contributed by atoms with E-state index in [1.807, 2.05) is 49.4 Å². The predicted molar refractivity (Wildman–Crippen MR) is 96.5 cm³/mol. The number of hydrogen-bond donors (Lipinski definition) is 1. The predicted octanol–water partition coefficient (Wildman–Crippen LogP) is 3.04. The van der Waals surface area contributed by atoms with Gasteiger partial charge in [-0.1, -0.05) is 43.3 Å². The lowest BCUT2D eigenvalue weighted by Gasteiger charge is -2.25. The standard InChI is InChI=1S/C21H22N2O2/c1-3-21(15-9-13(2)10-16(22)11-15)17-18(21)20(25)23(19(17)24)12-14-7-5-4-6-8-14/h4-11,17-18H,3,12,22H2,1-2H3/t17-,18+,21?. The summed E-state index contributed by atoms with van der Waals surface area (Å²) in [5, 5.41) is 0. The number of nitrogens with two attached hydrogens (primary N) is 1. The van der Waals surface area contributed by atoms with E-state index in [1.54, 1.807) is 0 Å². The molecule has 1 saturated heterocycles. The van der Waals surface area contributed by atoms with Gasteiger partial charge in [0.2, 0.25) is 11.8 Å². The number of nitrogens with zero attached hydrogens (tertiary/aromatic N) is 1. The number of aryl methyl sites for hydroxylation is 1. The summed E-state index contributed by atoms with van der Waals surface area (Å²) in [5.41, 5.74) is 9.40. The van der Waals surface area contributed by atoms with Crippen molar-refractivity contribution in [3.63, 3.8) is 0 Å². The van der Waals surface area contributed by atoms with Gasteiger partial charge in [-0.25, -0.2) is 0 Å². The molecule has 2 aromatic rings. The molecule has 1 heterocycles. The van der Waals surface area contributed by atoms with E-state index in [9.17, 15) is 9.59 Å². The number of anilines is 1. The van der Waals surface area contributed by atoms with Crippen molar-refractivity contribution >= 4 is 17.5 Å². The van der Waals surface area contributed by atoms with E-state index in [1.165, 1.54) is 4.90 Å². The first-order valence-electron chi connectivity index (χ1n) is 8.76. The molecule has 0 spiro atoms. The maximum absolute atomic E-state index is 13.0. The van der Waals surface area contributed by atoms with Crippen LogP contribution in [0.2, 0.25) is 0 Å². The minimum absolute atomic E-state index is 0.0409. The van der Waals surface area contributed by atoms with Crippen LogP contribution in [0.5, 0.6) is 0 Å². The van der Waals surface area contributed by atoms with Gasteiger partial charge in [-0.2, -0.15) is 0 Å². The fourth-order valence-corrected chi connectivity index (χ4v) is 4.62. The molecule has 1 aliphatic heterocycles. The first kappa shape index (κ1) is 15.9. The lowest BCUT2D eigenvalue weighted by Crippen LogP contribution is -2.38. The average molecular weight is 334 g/mol. The molecule has 1 saturated carbocycles. The second kappa shape index (κ2) is 5.45. The van der Waals surface area contributed by atoms with Crippen LogP contribution < -0.4 is 5.73 Å². The molecule has 4 rings (SSSR count). The highest BCUT2D eigenvalue weighted by Crippen LogP contribution is 2.66. The number of carbonyl (C=O) groups is 2. The number of benzene rings is 2. The van der Waals surface area contributed by atoms with Crippen molar-refractivity contribution in [2.45, 2.75) is 32.2 Å². The lowest BCUT2D eigenvalue weighted by molar-refractivity contribution is -0.143. The van der Waals surface area contributed by atoms with Crippen LogP contribution in [0.3, 0.4) is 0 Å². The number of amides is 2. The molecule has 0 radical (unpaired) electrons. The van der Waals surface area contributed by atoms with Gasteiger partial charge in [0.25, 0.3) is 0 Å². The molecule has 3 atom stereocenters. The van der Waals surface area contributed by atoms with Crippen LogP contribution in [-0.2, 0) is 21.5 Å². The zero-order valence-corrected chi connectivity index (χ0v) is 14.5. The smallest absolute Gasteiger partial charge is 0.234 e. The lowest BCUT2D eigenvalue weighted by atomic mass is 9.86. The fourth-order valence-electron chi connectivity index (χ4n) is 4.62. The Kier molecular flexibility index (Phi) is 3.46. The summed E-state index contributed by atoms with van der Waals surface area (Å²) in [6.07, 6.45) is 0.766. The Bertz CT molecular complexity index is 817. The SMILES string of the molecule is CCC1(c2cc(C)cc(N)c2)[C@@H]2C(=O)N(Cc3ccccc3)C(=O)[C@@H]21. The van der Waals surface area contributed by atoms with E-state index in [4.69, 9.17) is 5.73 Å². The summed E-state index contributed by atoms with van der Waals surface area (Å²) in [4.78, 5) is 27.3. The monoisotopic (exact) mass is 334 g/mol. The minimum Gasteiger partial charge on any atom is -0.399 e. The highest BCUT2D eigenvalue weighted by molar-refractivity contribution is 6.11. The second-order valence-corrected chi connectivity index (χ2v) is 7.23. The van der Waals surface area contributed by atoms with Gasteiger partial charge in [0.1, 0.15) is 0 Å². The van der Waals surface area contributed by atoms with E-state index in [0.717, 1.165) is 23.1 Å². The number of imide groups is 1. The van der Waals surface area contributed by atoms with Gasteiger partial charge >= 0.3 is 0 Å². The summed E-state index contributed by atoms with van der Waals surface area (Å²) in [6.45, 7) is 4.41. The number of hydrogen-bond acceptors (Lipinski definition) is 3. The normalized spacial score (nSPS) is 27.5. The molecule has 2 N–H and O–H groups in total. The molecule has 2 amide bonds. The summed E-state index contributed by atoms with van der Waals surface area (Å²) in [6, 6.07) is 15.6. The molecule has 2 aromatic carbocycles. The van der Waals surface area contributed by atoms with E-state index >= 15 is 0 Å². The highest BCUT2D eigenvalue weighted by Gasteiger charge is 2.76. The molecule has 2 aliphatic rings. The zero-order valence-electron chi connectivity index (χ0n) is 14.5. The molecule has 128 valence electrons. The molecule has 1 aliphatic carbocycles. The molecule has 25 heavy (non-hydrogen) atoms. The van der Waals surface area contributed by atoms with E-state index < -0.39 is 0 Å². The molecule has 1 unspecified atom stereocenters. The van der Waals surface area contributed by atoms with Crippen LogP contribution in [0.15, 0.2) is 48.5 Å². The summed E-state index contributed by atoms with van der Waals surface area (Å²) in [7, 11) is 0. The van der Waals surface area contributed by atoms with Crippen molar-refractivity contribution in [2.75, 3.05) is 5.73 Å². The van der Waals surface area contributed by atoms with Crippen molar-refractivity contribution in [2.24, 2.45) is 11.8 Å². The first-order valence-corrected chi connectivity index (χ1v) is 8.76. The van der Waals surface area contributed by atoms with Crippen LogP contribution in [-0.4, -0.2) is 16.7 Å². The van der Waals surface area contributed by atoms with E-state index in [-0.39, 0.29) is 29.1 Å². The average Bonchev–Trinajstić information content (AvgIpc) is 3.22. The highest BCUT2D eigenvalue weighted by atomic mass is 16.2. The zero-order chi connectivity index (χ0) is 17.8. The Morgan fingerprint density at radius 2 is 1.68 bits per heavy atom. The van der Waals surface area contributed by atoms with Gasteiger partial charge in [0.05, 0.1) is 18.4 Å². The maximum Gasteiger partial charge on any atom is 0.234 e. The van der Waals surface area contributed by atoms with Crippen LogP contribution in [0.4, 0.5) is 5.69 Å². The third-order valence-corrected chi connectivity index (χ3v) is 5.80. The third kappa shape index (κ3) is 2.20.